The van der Waals surface area contributed by atoms with Gasteiger partial charge < -0.3 is 16.0 Å². The van der Waals surface area contributed by atoms with Gasteiger partial charge in [0.15, 0.2) is 0 Å². The Morgan fingerprint density at radius 3 is 2.63 bits per heavy atom. The molecule has 0 bridgehead atoms. The summed E-state index contributed by atoms with van der Waals surface area (Å²) >= 11 is 0. The minimum atomic E-state index is -0.0492. The van der Waals surface area contributed by atoms with E-state index in [2.05, 4.69) is 29.4 Å². The highest BCUT2D eigenvalue weighted by molar-refractivity contribution is 5.78. The Morgan fingerprint density at radius 1 is 1.37 bits per heavy atom. The van der Waals surface area contributed by atoms with E-state index in [-0.39, 0.29) is 11.8 Å². The molecule has 4 nitrogen and oxygen atoms in total. The van der Waals surface area contributed by atoms with Crippen molar-refractivity contribution in [1.29, 1.82) is 0 Å². The van der Waals surface area contributed by atoms with Gasteiger partial charge in [-0.05, 0) is 25.0 Å². The van der Waals surface area contributed by atoms with Gasteiger partial charge in [0.2, 0.25) is 5.91 Å². The molecule has 0 radical (unpaired) electrons. The Bertz CT molecular complexity index is 363. The zero-order chi connectivity index (χ0) is 14.1. The van der Waals surface area contributed by atoms with Crippen LogP contribution in [0.3, 0.4) is 0 Å². The summed E-state index contributed by atoms with van der Waals surface area (Å²) in [6.45, 7) is 4.03. The molecule has 1 aromatic rings. The van der Waals surface area contributed by atoms with Crippen LogP contribution >= 0.6 is 0 Å². The highest BCUT2D eigenvalue weighted by Crippen LogP contribution is 2.10. The number of hydrogen-bond acceptors (Lipinski definition) is 3. The van der Waals surface area contributed by atoms with Crippen molar-refractivity contribution < 1.29 is 4.79 Å². The molecule has 0 heterocycles. The molecule has 3 N–H and O–H groups in total. The number of rotatable bonds is 8. The Balaban J connectivity index is 2.22. The summed E-state index contributed by atoms with van der Waals surface area (Å²) in [6.07, 6.45) is 1.73. The molecule has 0 aromatic heterocycles. The maximum absolute atomic E-state index is 11.7. The van der Waals surface area contributed by atoms with E-state index in [1.165, 1.54) is 5.69 Å². The Kier molecular flexibility index (Phi) is 6.97. The topological polar surface area (TPSA) is 58.4 Å². The van der Waals surface area contributed by atoms with Gasteiger partial charge in [0.05, 0.1) is 0 Å². The highest BCUT2D eigenvalue weighted by atomic mass is 16.1. The standard InChI is InChI=1S/C15H25N3O/c1-3-13(12-16)15(19)17-10-7-11-18(2)14-8-5-4-6-9-14/h4-6,8-9,13H,3,7,10-12,16H2,1-2H3,(H,17,19). The van der Waals surface area contributed by atoms with Crippen LogP contribution in [0.1, 0.15) is 19.8 Å². The lowest BCUT2D eigenvalue weighted by Gasteiger charge is -2.19. The van der Waals surface area contributed by atoms with Gasteiger partial charge >= 0.3 is 0 Å². The number of carbonyl (C=O) groups excluding carboxylic acids is 1. The summed E-state index contributed by atoms with van der Waals surface area (Å²) < 4.78 is 0. The lowest BCUT2D eigenvalue weighted by atomic mass is 10.1. The summed E-state index contributed by atoms with van der Waals surface area (Å²) in [5.41, 5.74) is 6.74. The van der Waals surface area contributed by atoms with Crippen LogP contribution in [0.25, 0.3) is 0 Å². The maximum Gasteiger partial charge on any atom is 0.224 e. The third-order valence-corrected chi connectivity index (χ3v) is 3.31. The van der Waals surface area contributed by atoms with E-state index in [0.717, 1.165) is 19.4 Å². The second kappa shape index (κ2) is 8.53. The minimum absolute atomic E-state index is 0.0492. The largest absolute Gasteiger partial charge is 0.375 e. The van der Waals surface area contributed by atoms with E-state index in [9.17, 15) is 4.79 Å². The Morgan fingerprint density at radius 2 is 2.05 bits per heavy atom. The Hall–Kier alpha value is -1.55. The number of amides is 1. The first-order valence-electron chi connectivity index (χ1n) is 6.93. The Labute approximate surface area is 116 Å². The van der Waals surface area contributed by atoms with E-state index < -0.39 is 0 Å². The highest BCUT2D eigenvalue weighted by Gasteiger charge is 2.13. The molecular formula is C15H25N3O. The predicted molar refractivity (Wildman–Crippen MR) is 80.2 cm³/mol. The molecule has 0 aliphatic rings. The first-order valence-corrected chi connectivity index (χ1v) is 6.93. The number of nitrogens with zero attached hydrogens (tertiary/aromatic N) is 1. The van der Waals surface area contributed by atoms with Gasteiger partial charge in [-0.15, -0.1) is 0 Å². The summed E-state index contributed by atoms with van der Waals surface area (Å²) in [5.74, 6) is 0.0271. The van der Waals surface area contributed by atoms with Gasteiger partial charge in [-0.25, -0.2) is 0 Å². The molecule has 1 aromatic carbocycles. The molecule has 19 heavy (non-hydrogen) atoms. The molecule has 1 amide bonds. The fourth-order valence-electron chi connectivity index (χ4n) is 1.94. The van der Waals surface area contributed by atoms with E-state index in [0.29, 0.717) is 13.1 Å². The van der Waals surface area contributed by atoms with Crippen LogP contribution in [0.5, 0.6) is 0 Å². The first-order chi connectivity index (χ1) is 9.19. The maximum atomic E-state index is 11.7. The van der Waals surface area contributed by atoms with E-state index >= 15 is 0 Å². The first kappa shape index (κ1) is 15.5. The van der Waals surface area contributed by atoms with Crippen molar-refractivity contribution in [2.45, 2.75) is 19.8 Å². The molecule has 0 aliphatic carbocycles. The summed E-state index contributed by atoms with van der Waals surface area (Å²) in [4.78, 5) is 13.9. The fourth-order valence-corrected chi connectivity index (χ4v) is 1.94. The normalized spacial score (nSPS) is 11.9. The second-order valence-corrected chi connectivity index (χ2v) is 4.74. The van der Waals surface area contributed by atoms with Crippen molar-refractivity contribution in [3.05, 3.63) is 30.3 Å². The summed E-state index contributed by atoms with van der Waals surface area (Å²) in [7, 11) is 2.06. The van der Waals surface area contributed by atoms with Crippen molar-refractivity contribution in [3.63, 3.8) is 0 Å². The van der Waals surface area contributed by atoms with E-state index in [1.54, 1.807) is 0 Å². The zero-order valence-corrected chi connectivity index (χ0v) is 11.9. The minimum Gasteiger partial charge on any atom is -0.375 e. The van der Waals surface area contributed by atoms with Crippen LogP contribution in [0.2, 0.25) is 0 Å². The lowest BCUT2D eigenvalue weighted by molar-refractivity contribution is -0.124. The van der Waals surface area contributed by atoms with Crippen molar-refractivity contribution in [2.24, 2.45) is 11.7 Å². The van der Waals surface area contributed by atoms with Gasteiger partial charge in [0.25, 0.3) is 0 Å². The molecule has 0 saturated carbocycles. The van der Waals surface area contributed by atoms with Crippen LogP contribution in [0, 0.1) is 5.92 Å². The molecule has 4 heteroatoms. The number of nitrogens with two attached hydrogens (primary N) is 1. The monoisotopic (exact) mass is 263 g/mol. The van der Waals surface area contributed by atoms with Crippen molar-refractivity contribution >= 4 is 11.6 Å². The molecule has 1 atom stereocenters. The molecule has 0 spiro atoms. The number of benzene rings is 1. The van der Waals surface area contributed by atoms with Crippen LogP contribution < -0.4 is 16.0 Å². The smallest absolute Gasteiger partial charge is 0.224 e. The van der Waals surface area contributed by atoms with Gasteiger partial charge in [0, 0.05) is 38.3 Å². The van der Waals surface area contributed by atoms with E-state index in [1.807, 2.05) is 25.1 Å². The summed E-state index contributed by atoms with van der Waals surface area (Å²) in [5, 5.41) is 2.95. The fraction of sp³-hybridized carbons (Fsp3) is 0.533. The van der Waals surface area contributed by atoms with Crippen molar-refractivity contribution in [2.75, 3.05) is 31.6 Å². The van der Waals surface area contributed by atoms with Gasteiger partial charge in [0.1, 0.15) is 0 Å². The average molecular weight is 263 g/mol. The van der Waals surface area contributed by atoms with Gasteiger partial charge in [-0.1, -0.05) is 25.1 Å². The van der Waals surface area contributed by atoms with Gasteiger partial charge in [-0.2, -0.15) is 0 Å². The molecule has 1 unspecified atom stereocenters. The number of hydrogen-bond donors (Lipinski definition) is 2. The number of nitrogens with one attached hydrogen (secondary N) is 1. The van der Waals surface area contributed by atoms with Crippen molar-refractivity contribution in [3.8, 4) is 0 Å². The number of para-hydroxylation sites is 1. The predicted octanol–water partition coefficient (Wildman–Crippen LogP) is 1.61. The molecule has 0 fully saturated rings. The van der Waals surface area contributed by atoms with Gasteiger partial charge in [-0.3, -0.25) is 4.79 Å². The van der Waals surface area contributed by atoms with Crippen LogP contribution in [0.15, 0.2) is 30.3 Å². The third-order valence-electron chi connectivity index (χ3n) is 3.31. The molecule has 0 saturated heterocycles. The number of carbonyl (C=O) groups is 1. The SMILES string of the molecule is CCC(CN)C(=O)NCCCN(C)c1ccccc1. The second-order valence-electron chi connectivity index (χ2n) is 4.74. The van der Waals surface area contributed by atoms with Crippen LogP contribution in [-0.4, -0.2) is 32.6 Å². The van der Waals surface area contributed by atoms with Crippen LogP contribution in [0.4, 0.5) is 5.69 Å². The molecular weight excluding hydrogens is 238 g/mol. The van der Waals surface area contributed by atoms with Crippen molar-refractivity contribution in [1.82, 2.24) is 5.32 Å². The lowest BCUT2D eigenvalue weighted by Crippen LogP contribution is -2.36. The molecule has 0 aliphatic heterocycles. The third kappa shape index (κ3) is 5.30. The summed E-state index contributed by atoms with van der Waals surface area (Å²) in [6, 6.07) is 10.2. The zero-order valence-electron chi connectivity index (χ0n) is 11.9. The average Bonchev–Trinajstić information content (AvgIpc) is 2.45. The van der Waals surface area contributed by atoms with Crippen LogP contribution in [-0.2, 0) is 4.79 Å². The number of anilines is 1. The molecule has 106 valence electrons. The molecule has 1 rings (SSSR count). The quantitative estimate of drug-likeness (QED) is 0.701. The van der Waals surface area contributed by atoms with E-state index in [4.69, 9.17) is 5.73 Å².